The van der Waals surface area contributed by atoms with Crippen molar-refractivity contribution in [2.24, 2.45) is 10.2 Å². The molecule has 36 heavy (non-hydrogen) atoms. The zero-order valence-electron chi connectivity index (χ0n) is 20.5. The summed E-state index contributed by atoms with van der Waals surface area (Å²) in [5.41, 5.74) is 1.73. The molecule has 0 heterocycles. The lowest BCUT2D eigenvalue weighted by molar-refractivity contribution is 0.179. The summed E-state index contributed by atoms with van der Waals surface area (Å²) in [6.45, 7) is 0.838. The van der Waals surface area contributed by atoms with Gasteiger partial charge in [0.1, 0.15) is 0 Å². The molecule has 10 heteroatoms. The number of unbranched alkanes of at least 4 members (excludes halogenated alkanes) is 3. The summed E-state index contributed by atoms with van der Waals surface area (Å²) in [6, 6.07) is 18.1. The molecule has 0 aliphatic heterocycles. The van der Waals surface area contributed by atoms with E-state index in [1.807, 2.05) is 60.7 Å². The van der Waals surface area contributed by atoms with E-state index in [0.29, 0.717) is 13.1 Å². The number of hydrazone groups is 2. The number of rotatable bonds is 15. The molecule has 0 aliphatic carbocycles. The van der Waals surface area contributed by atoms with Crippen molar-refractivity contribution in [1.29, 1.82) is 0 Å². The molecule has 194 valence electrons. The number of urea groups is 2. The molecule has 0 saturated carbocycles. The monoisotopic (exact) mass is 496 g/mol. The summed E-state index contributed by atoms with van der Waals surface area (Å²) in [6.07, 6.45) is 6.50. The third-order valence-electron chi connectivity index (χ3n) is 5.04. The Balaban J connectivity index is 1.61. The molecule has 0 radical (unpaired) electrons. The van der Waals surface area contributed by atoms with E-state index in [0.717, 1.165) is 36.8 Å². The standard InChI is InChI=1S/C26H36N6O4/c33-19-17-31(29-21-23-11-5-3-6-12-23)25(35)27-15-9-1-2-10-16-28-26(36)32(18-20-34)30-22-24-13-7-4-8-14-24/h3-8,11-14,21-22,33-34H,1-2,9-10,15-20H2,(H,27,35)(H,28,36)/b29-21+,30-22+. The zero-order chi connectivity index (χ0) is 25.8. The second-order valence-electron chi connectivity index (χ2n) is 7.88. The smallest absolute Gasteiger partial charge is 0.337 e. The number of carbonyl (C=O) groups is 2. The highest BCUT2D eigenvalue weighted by Crippen LogP contribution is 2.01. The van der Waals surface area contributed by atoms with Gasteiger partial charge in [-0.2, -0.15) is 10.2 Å². The predicted octanol–water partition coefficient (Wildman–Crippen LogP) is 2.62. The molecule has 10 nitrogen and oxygen atoms in total. The highest BCUT2D eigenvalue weighted by atomic mass is 16.3. The van der Waals surface area contributed by atoms with Crippen LogP contribution in [0.5, 0.6) is 0 Å². The topological polar surface area (TPSA) is 130 Å². The summed E-state index contributed by atoms with van der Waals surface area (Å²) in [4.78, 5) is 24.7. The highest BCUT2D eigenvalue weighted by molar-refractivity contribution is 5.82. The van der Waals surface area contributed by atoms with Crippen LogP contribution in [0.15, 0.2) is 70.9 Å². The fraction of sp³-hybridized carbons (Fsp3) is 0.385. The molecular weight excluding hydrogens is 460 g/mol. The molecule has 4 amide bonds. The molecule has 0 unspecified atom stereocenters. The quantitative estimate of drug-likeness (QED) is 0.172. The minimum Gasteiger partial charge on any atom is -0.394 e. The van der Waals surface area contributed by atoms with Gasteiger partial charge in [-0.15, -0.1) is 0 Å². The number of carbonyl (C=O) groups excluding carboxylic acids is 2. The van der Waals surface area contributed by atoms with Crippen molar-refractivity contribution in [2.45, 2.75) is 25.7 Å². The van der Waals surface area contributed by atoms with E-state index in [2.05, 4.69) is 20.8 Å². The van der Waals surface area contributed by atoms with Crippen molar-refractivity contribution >= 4 is 24.5 Å². The summed E-state index contributed by atoms with van der Waals surface area (Å²) in [7, 11) is 0. The summed E-state index contributed by atoms with van der Waals surface area (Å²) < 4.78 is 0. The lowest BCUT2D eigenvalue weighted by Crippen LogP contribution is -2.39. The maximum atomic E-state index is 12.3. The van der Waals surface area contributed by atoms with Crippen LogP contribution in [0, 0.1) is 0 Å². The van der Waals surface area contributed by atoms with E-state index in [4.69, 9.17) is 0 Å². The van der Waals surface area contributed by atoms with E-state index < -0.39 is 0 Å². The molecule has 2 aromatic rings. The van der Waals surface area contributed by atoms with E-state index in [-0.39, 0.29) is 38.4 Å². The van der Waals surface area contributed by atoms with Gasteiger partial charge in [0, 0.05) is 13.1 Å². The van der Waals surface area contributed by atoms with Crippen LogP contribution in [0.2, 0.25) is 0 Å². The normalized spacial score (nSPS) is 11.1. The zero-order valence-corrected chi connectivity index (χ0v) is 20.5. The number of nitrogens with one attached hydrogen (secondary N) is 2. The molecule has 0 bridgehead atoms. The van der Waals surface area contributed by atoms with Gasteiger partial charge < -0.3 is 20.8 Å². The third kappa shape index (κ3) is 11.6. The van der Waals surface area contributed by atoms with Crippen LogP contribution in [-0.2, 0) is 0 Å². The number of hydrogen-bond donors (Lipinski definition) is 4. The van der Waals surface area contributed by atoms with Crippen LogP contribution >= 0.6 is 0 Å². The highest BCUT2D eigenvalue weighted by Gasteiger charge is 2.11. The Kier molecular flexibility index (Phi) is 14.0. The lowest BCUT2D eigenvalue weighted by Gasteiger charge is -2.17. The van der Waals surface area contributed by atoms with E-state index >= 15 is 0 Å². The molecule has 0 spiro atoms. The van der Waals surface area contributed by atoms with Crippen LogP contribution in [0.4, 0.5) is 9.59 Å². The average molecular weight is 497 g/mol. The molecule has 0 aromatic heterocycles. The van der Waals surface area contributed by atoms with Crippen molar-refractivity contribution in [3.63, 3.8) is 0 Å². The van der Waals surface area contributed by atoms with Gasteiger partial charge in [0.05, 0.1) is 38.7 Å². The van der Waals surface area contributed by atoms with E-state index in [9.17, 15) is 19.8 Å². The van der Waals surface area contributed by atoms with Gasteiger partial charge in [0.2, 0.25) is 0 Å². The first kappa shape index (κ1) is 28.5. The number of hydrogen-bond acceptors (Lipinski definition) is 6. The van der Waals surface area contributed by atoms with Crippen LogP contribution in [0.25, 0.3) is 0 Å². The Labute approximate surface area is 212 Å². The Hall–Kier alpha value is -3.76. The van der Waals surface area contributed by atoms with Crippen LogP contribution in [0.1, 0.15) is 36.8 Å². The molecule has 2 aromatic carbocycles. The van der Waals surface area contributed by atoms with Gasteiger partial charge in [0.15, 0.2) is 0 Å². The Morgan fingerprint density at radius 2 is 1.06 bits per heavy atom. The van der Waals surface area contributed by atoms with Crippen LogP contribution < -0.4 is 10.6 Å². The van der Waals surface area contributed by atoms with Gasteiger partial charge in [-0.25, -0.2) is 19.6 Å². The lowest BCUT2D eigenvalue weighted by atomic mass is 10.2. The second-order valence-corrected chi connectivity index (χ2v) is 7.88. The fourth-order valence-electron chi connectivity index (χ4n) is 3.14. The molecule has 0 fully saturated rings. The molecule has 0 aliphatic rings. The SMILES string of the molecule is O=C(NCCCCCCNC(=O)N(CCO)/N=C/c1ccccc1)N(CCO)/N=C/c1ccccc1. The number of aliphatic hydroxyl groups excluding tert-OH is 2. The Morgan fingerprint density at radius 3 is 1.42 bits per heavy atom. The molecular formula is C26H36N6O4. The largest absolute Gasteiger partial charge is 0.394 e. The van der Waals surface area contributed by atoms with Crippen molar-refractivity contribution < 1.29 is 19.8 Å². The number of benzene rings is 2. The number of nitrogens with zero attached hydrogens (tertiary/aromatic N) is 4. The van der Waals surface area contributed by atoms with Gasteiger partial charge >= 0.3 is 12.1 Å². The van der Waals surface area contributed by atoms with Crippen LogP contribution in [-0.4, -0.2) is 84.1 Å². The number of amides is 4. The van der Waals surface area contributed by atoms with Crippen molar-refractivity contribution in [3.05, 3.63) is 71.8 Å². The van der Waals surface area contributed by atoms with E-state index in [1.165, 1.54) is 10.0 Å². The predicted molar refractivity (Wildman–Crippen MR) is 141 cm³/mol. The van der Waals surface area contributed by atoms with E-state index in [1.54, 1.807) is 12.4 Å². The van der Waals surface area contributed by atoms with Gasteiger partial charge in [-0.05, 0) is 24.0 Å². The second kappa shape index (κ2) is 17.6. The average Bonchev–Trinajstić information content (AvgIpc) is 2.91. The first-order valence-electron chi connectivity index (χ1n) is 12.1. The van der Waals surface area contributed by atoms with Gasteiger partial charge in [0.25, 0.3) is 0 Å². The maximum absolute atomic E-state index is 12.3. The summed E-state index contributed by atoms with van der Waals surface area (Å²) in [5, 5.41) is 34.8. The van der Waals surface area contributed by atoms with Crippen molar-refractivity contribution in [1.82, 2.24) is 20.7 Å². The first-order chi connectivity index (χ1) is 17.6. The minimum atomic E-state index is -0.358. The maximum Gasteiger partial charge on any atom is 0.337 e. The number of aliphatic hydroxyl groups is 2. The molecule has 4 N–H and O–H groups in total. The van der Waals surface area contributed by atoms with Crippen molar-refractivity contribution in [2.75, 3.05) is 39.4 Å². The van der Waals surface area contributed by atoms with Gasteiger partial charge in [-0.1, -0.05) is 73.5 Å². The van der Waals surface area contributed by atoms with Crippen LogP contribution in [0.3, 0.4) is 0 Å². The molecule has 2 rings (SSSR count). The first-order valence-corrected chi connectivity index (χ1v) is 12.1. The van der Waals surface area contributed by atoms with Gasteiger partial charge in [-0.3, -0.25) is 0 Å². The Bertz CT molecular complexity index is 862. The molecule has 0 saturated heterocycles. The Morgan fingerprint density at radius 1 is 0.667 bits per heavy atom. The summed E-state index contributed by atoms with van der Waals surface area (Å²) >= 11 is 0. The fourth-order valence-corrected chi connectivity index (χ4v) is 3.14. The van der Waals surface area contributed by atoms with Crippen molar-refractivity contribution in [3.8, 4) is 0 Å². The minimum absolute atomic E-state index is 0.109. The third-order valence-corrected chi connectivity index (χ3v) is 5.04. The summed E-state index contributed by atoms with van der Waals surface area (Å²) in [5.74, 6) is 0. The molecule has 0 atom stereocenters.